The Labute approximate surface area is 130 Å². The quantitative estimate of drug-likeness (QED) is 0.852. The largest absolute Gasteiger partial charge is 0.485 e. The van der Waals surface area contributed by atoms with Crippen LogP contribution in [-0.4, -0.2) is 11.9 Å². The van der Waals surface area contributed by atoms with E-state index in [1.54, 1.807) is 0 Å². The van der Waals surface area contributed by atoms with Crippen LogP contribution in [0.5, 0.6) is 17.2 Å². The van der Waals surface area contributed by atoms with Gasteiger partial charge in [0.05, 0.1) is 6.10 Å². The van der Waals surface area contributed by atoms with Crippen molar-refractivity contribution in [2.45, 2.75) is 18.6 Å². The predicted molar refractivity (Wildman–Crippen MR) is 79.7 cm³/mol. The highest BCUT2D eigenvalue weighted by Gasteiger charge is 2.29. The Morgan fingerprint density at radius 3 is 2.76 bits per heavy atom. The number of aliphatic hydroxyl groups is 1. The van der Waals surface area contributed by atoms with Gasteiger partial charge in [0.2, 0.25) is 6.79 Å². The summed E-state index contributed by atoms with van der Waals surface area (Å²) in [7, 11) is 0. The molecule has 0 saturated heterocycles. The fourth-order valence-corrected chi connectivity index (χ4v) is 3.07. The fourth-order valence-electron chi connectivity index (χ4n) is 2.73. The van der Waals surface area contributed by atoms with E-state index in [2.05, 4.69) is 15.9 Å². The van der Waals surface area contributed by atoms with E-state index in [9.17, 15) is 5.11 Å². The molecule has 1 N–H and O–H groups in total. The van der Waals surface area contributed by atoms with Gasteiger partial charge >= 0.3 is 0 Å². The summed E-state index contributed by atoms with van der Waals surface area (Å²) in [4.78, 5) is 0. The minimum atomic E-state index is -0.530. The number of halogens is 1. The SMILES string of the molecule is O[C@@H]1CC(c2ccc3c(c2)OCO3)Oc2cc(Br)ccc21. The normalized spacial score (nSPS) is 22.6. The second-order valence-electron chi connectivity index (χ2n) is 5.15. The molecule has 0 bridgehead atoms. The minimum absolute atomic E-state index is 0.198. The van der Waals surface area contributed by atoms with Crippen molar-refractivity contribution in [3.05, 3.63) is 52.0 Å². The van der Waals surface area contributed by atoms with E-state index < -0.39 is 6.10 Å². The van der Waals surface area contributed by atoms with Crippen LogP contribution in [0.1, 0.15) is 29.8 Å². The van der Waals surface area contributed by atoms with Crippen LogP contribution in [0, 0.1) is 0 Å². The maximum Gasteiger partial charge on any atom is 0.231 e. The summed E-state index contributed by atoms with van der Waals surface area (Å²) in [6, 6.07) is 11.4. The average molecular weight is 349 g/mol. The maximum atomic E-state index is 10.3. The second-order valence-corrected chi connectivity index (χ2v) is 6.07. The van der Waals surface area contributed by atoms with E-state index in [0.717, 1.165) is 27.1 Å². The zero-order valence-electron chi connectivity index (χ0n) is 11.1. The summed E-state index contributed by atoms with van der Waals surface area (Å²) in [6.07, 6.45) is -0.206. The molecule has 0 radical (unpaired) electrons. The zero-order chi connectivity index (χ0) is 14.4. The molecule has 2 aromatic carbocycles. The van der Waals surface area contributed by atoms with Gasteiger partial charge < -0.3 is 19.3 Å². The molecule has 21 heavy (non-hydrogen) atoms. The van der Waals surface area contributed by atoms with Crippen LogP contribution >= 0.6 is 15.9 Å². The Balaban J connectivity index is 1.68. The van der Waals surface area contributed by atoms with E-state index in [1.807, 2.05) is 36.4 Å². The highest BCUT2D eigenvalue weighted by molar-refractivity contribution is 9.10. The van der Waals surface area contributed by atoms with Crippen molar-refractivity contribution in [1.82, 2.24) is 0 Å². The van der Waals surface area contributed by atoms with Crippen LogP contribution in [-0.2, 0) is 0 Å². The van der Waals surface area contributed by atoms with Crippen molar-refractivity contribution < 1.29 is 19.3 Å². The average Bonchev–Trinajstić information content (AvgIpc) is 2.94. The van der Waals surface area contributed by atoms with Crippen LogP contribution in [0.3, 0.4) is 0 Å². The molecule has 2 heterocycles. The lowest BCUT2D eigenvalue weighted by Gasteiger charge is -2.30. The third-order valence-corrected chi connectivity index (χ3v) is 4.30. The van der Waals surface area contributed by atoms with Crippen molar-refractivity contribution in [3.63, 3.8) is 0 Å². The van der Waals surface area contributed by atoms with Gasteiger partial charge in [-0.15, -0.1) is 0 Å². The van der Waals surface area contributed by atoms with Gasteiger partial charge in [-0.25, -0.2) is 0 Å². The van der Waals surface area contributed by atoms with Crippen molar-refractivity contribution in [2.75, 3.05) is 6.79 Å². The third kappa shape index (κ3) is 2.26. The van der Waals surface area contributed by atoms with E-state index >= 15 is 0 Å². The molecule has 2 aliphatic rings. The molecule has 0 fully saturated rings. The molecule has 4 rings (SSSR count). The topological polar surface area (TPSA) is 47.9 Å². The molecule has 0 spiro atoms. The Bertz CT molecular complexity index is 701. The summed E-state index contributed by atoms with van der Waals surface area (Å²) in [5, 5.41) is 10.3. The van der Waals surface area contributed by atoms with Gasteiger partial charge in [-0.05, 0) is 29.8 Å². The summed E-state index contributed by atoms with van der Waals surface area (Å²) in [5.74, 6) is 2.19. The first-order valence-electron chi connectivity index (χ1n) is 6.74. The molecule has 0 aliphatic carbocycles. The van der Waals surface area contributed by atoms with Crippen molar-refractivity contribution in [1.29, 1.82) is 0 Å². The summed E-state index contributed by atoms with van der Waals surface area (Å²) >= 11 is 3.43. The van der Waals surface area contributed by atoms with Crippen molar-refractivity contribution >= 4 is 15.9 Å². The molecular formula is C16H13BrO4. The Kier molecular flexibility index (Phi) is 3.05. The smallest absolute Gasteiger partial charge is 0.231 e. The number of hydrogen-bond donors (Lipinski definition) is 1. The standard InChI is InChI=1S/C16H13BrO4/c17-10-2-3-11-12(18)7-14(21-15(11)6-10)9-1-4-13-16(5-9)20-8-19-13/h1-6,12,14,18H,7-8H2/t12-,14?/m1/s1. The number of ether oxygens (including phenoxy) is 3. The monoisotopic (exact) mass is 348 g/mol. The highest BCUT2D eigenvalue weighted by atomic mass is 79.9. The first kappa shape index (κ1) is 13.0. The first-order valence-corrected chi connectivity index (χ1v) is 7.54. The molecule has 2 aliphatic heterocycles. The lowest BCUT2D eigenvalue weighted by molar-refractivity contribution is 0.0655. The van der Waals surface area contributed by atoms with Gasteiger partial charge in [0.1, 0.15) is 11.9 Å². The van der Waals surface area contributed by atoms with Crippen LogP contribution in [0.2, 0.25) is 0 Å². The number of fused-ring (bicyclic) bond motifs is 2. The van der Waals surface area contributed by atoms with Gasteiger partial charge in [0.25, 0.3) is 0 Å². The Hall–Kier alpha value is -1.72. The summed E-state index contributed by atoms with van der Waals surface area (Å²) in [5.41, 5.74) is 1.80. The lowest BCUT2D eigenvalue weighted by Crippen LogP contribution is -2.19. The number of rotatable bonds is 1. The molecule has 0 aromatic heterocycles. The first-order chi connectivity index (χ1) is 10.2. The van der Waals surface area contributed by atoms with E-state index in [-0.39, 0.29) is 12.9 Å². The molecular weight excluding hydrogens is 336 g/mol. The van der Waals surface area contributed by atoms with E-state index in [0.29, 0.717) is 12.2 Å². The van der Waals surface area contributed by atoms with Gasteiger partial charge in [-0.1, -0.05) is 28.1 Å². The van der Waals surface area contributed by atoms with Crippen molar-refractivity contribution in [3.8, 4) is 17.2 Å². The van der Waals surface area contributed by atoms with Gasteiger partial charge in [0, 0.05) is 16.5 Å². The number of aliphatic hydroxyl groups excluding tert-OH is 1. The predicted octanol–water partition coefficient (Wildman–Crippen LogP) is 3.74. The maximum absolute atomic E-state index is 10.3. The second kappa shape index (κ2) is 4.93. The zero-order valence-corrected chi connectivity index (χ0v) is 12.7. The molecule has 2 aromatic rings. The fraction of sp³-hybridized carbons (Fsp3) is 0.250. The Morgan fingerprint density at radius 2 is 1.86 bits per heavy atom. The van der Waals surface area contributed by atoms with Crippen molar-refractivity contribution in [2.24, 2.45) is 0 Å². The minimum Gasteiger partial charge on any atom is -0.485 e. The van der Waals surface area contributed by atoms with Gasteiger partial charge in [-0.3, -0.25) is 0 Å². The Morgan fingerprint density at radius 1 is 1.00 bits per heavy atom. The van der Waals surface area contributed by atoms with Gasteiger partial charge in [0.15, 0.2) is 11.5 Å². The molecule has 2 atom stereocenters. The third-order valence-electron chi connectivity index (χ3n) is 3.81. The van der Waals surface area contributed by atoms with Crippen LogP contribution < -0.4 is 14.2 Å². The van der Waals surface area contributed by atoms with Crippen LogP contribution in [0.15, 0.2) is 40.9 Å². The molecule has 1 unspecified atom stereocenters. The number of hydrogen-bond acceptors (Lipinski definition) is 4. The summed E-state index contributed by atoms with van der Waals surface area (Å²) < 4.78 is 17.7. The van der Waals surface area contributed by atoms with E-state index in [1.165, 1.54) is 0 Å². The molecule has 5 heteroatoms. The van der Waals surface area contributed by atoms with Crippen LogP contribution in [0.4, 0.5) is 0 Å². The molecule has 4 nitrogen and oxygen atoms in total. The highest BCUT2D eigenvalue weighted by Crippen LogP contribution is 2.43. The molecule has 0 saturated carbocycles. The molecule has 0 amide bonds. The lowest BCUT2D eigenvalue weighted by atomic mass is 9.95. The van der Waals surface area contributed by atoms with Gasteiger partial charge in [-0.2, -0.15) is 0 Å². The number of benzene rings is 2. The van der Waals surface area contributed by atoms with E-state index in [4.69, 9.17) is 14.2 Å². The van der Waals surface area contributed by atoms with Crippen LogP contribution in [0.25, 0.3) is 0 Å². The summed E-state index contributed by atoms with van der Waals surface area (Å²) in [6.45, 7) is 0.253. The molecule has 108 valence electrons.